The first-order valence-corrected chi connectivity index (χ1v) is 9.34. The summed E-state index contributed by atoms with van der Waals surface area (Å²) in [6.45, 7) is 1.31. The minimum atomic E-state index is -0.725. The lowest BCUT2D eigenvalue weighted by Crippen LogP contribution is -2.36. The highest BCUT2D eigenvalue weighted by Crippen LogP contribution is 2.26. The molecule has 3 N–H and O–H groups in total. The van der Waals surface area contributed by atoms with E-state index in [-0.39, 0.29) is 10.9 Å². The van der Waals surface area contributed by atoms with E-state index in [1.165, 1.54) is 51.5 Å². The number of carbonyl (C=O) groups excluding carboxylic acids is 2. The molecular formula is C19H27ClF2N2O2. The molecule has 1 aromatic carbocycles. The highest BCUT2D eigenvalue weighted by atomic mass is 35.5. The van der Waals surface area contributed by atoms with Crippen LogP contribution in [-0.4, -0.2) is 17.9 Å². The lowest BCUT2D eigenvalue weighted by Gasteiger charge is -2.15. The smallest absolute Gasteiger partial charge is 0.223 e. The van der Waals surface area contributed by atoms with E-state index in [0.29, 0.717) is 17.9 Å². The van der Waals surface area contributed by atoms with Crippen molar-refractivity contribution in [2.45, 2.75) is 64.3 Å². The Morgan fingerprint density at radius 3 is 2.04 bits per heavy atom. The molecule has 0 aromatic heterocycles. The molecule has 0 heterocycles. The Bertz CT molecular complexity index is 583. The SMILES string of the molecule is CC(N)=O.Fc1ccc(Cl)c(F)c1.O=C(NC1CCCC1)C1CCCC1. The summed E-state index contributed by atoms with van der Waals surface area (Å²) in [7, 11) is 0. The normalized spacial score (nSPS) is 16.9. The Kier molecular flexibility index (Phi) is 10.2. The topological polar surface area (TPSA) is 72.2 Å². The third kappa shape index (κ3) is 9.13. The monoisotopic (exact) mass is 388 g/mol. The molecule has 0 spiro atoms. The second kappa shape index (κ2) is 11.8. The van der Waals surface area contributed by atoms with Gasteiger partial charge in [-0.1, -0.05) is 37.3 Å². The molecule has 0 bridgehead atoms. The molecule has 2 aliphatic carbocycles. The number of nitrogens with two attached hydrogens (primary N) is 1. The van der Waals surface area contributed by atoms with Crippen LogP contribution in [0, 0.1) is 17.6 Å². The van der Waals surface area contributed by atoms with Crippen LogP contribution in [0.5, 0.6) is 0 Å². The largest absolute Gasteiger partial charge is 0.370 e. The van der Waals surface area contributed by atoms with Gasteiger partial charge in [0.05, 0.1) is 5.02 Å². The van der Waals surface area contributed by atoms with Gasteiger partial charge in [0.2, 0.25) is 11.8 Å². The lowest BCUT2D eigenvalue weighted by molar-refractivity contribution is -0.125. The van der Waals surface area contributed by atoms with Gasteiger partial charge in [0.1, 0.15) is 11.6 Å². The Balaban J connectivity index is 0.000000227. The first kappa shape index (κ1) is 22.4. The Labute approximate surface area is 158 Å². The van der Waals surface area contributed by atoms with Gasteiger partial charge < -0.3 is 11.1 Å². The molecule has 0 saturated heterocycles. The van der Waals surface area contributed by atoms with Crippen molar-refractivity contribution in [2.24, 2.45) is 11.7 Å². The zero-order valence-corrected chi connectivity index (χ0v) is 15.8. The molecule has 2 aliphatic rings. The molecule has 146 valence electrons. The summed E-state index contributed by atoms with van der Waals surface area (Å²) in [5, 5.41) is 3.12. The Morgan fingerprint density at radius 2 is 1.58 bits per heavy atom. The second-order valence-corrected chi connectivity index (χ2v) is 7.05. The van der Waals surface area contributed by atoms with Gasteiger partial charge in [0.15, 0.2) is 0 Å². The van der Waals surface area contributed by atoms with Crippen molar-refractivity contribution in [1.29, 1.82) is 0 Å². The van der Waals surface area contributed by atoms with Gasteiger partial charge in [-0.15, -0.1) is 0 Å². The molecule has 0 unspecified atom stereocenters. The molecule has 2 fully saturated rings. The molecule has 3 rings (SSSR count). The van der Waals surface area contributed by atoms with Crippen LogP contribution < -0.4 is 11.1 Å². The van der Waals surface area contributed by atoms with Gasteiger partial charge in [-0.2, -0.15) is 0 Å². The van der Waals surface area contributed by atoms with E-state index in [9.17, 15) is 18.4 Å². The number of benzene rings is 1. The van der Waals surface area contributed by atoms with Gasteiger partial charge in [-0.05, 0) is 37.8 Å². The second-order valence-electron chi connectivity index (χ2n) is 6.64. The molecule has 2 saturated carbocycles. The predicted octanol–water partition coefficient (Wildman–Crippen LogP) is 4.35. The maximum Gasteiger partial charge on any atom is 0.223 e. The van der Waals surface area contributed by atoms with Crippen LogP contribution in [0.3, 0.4) is 0 Å². The number of carbonyl (C=O) groups is 2. The van der Waals surface area contributed by atoms with E-state index in [1.54, 1.807) is 0 Å². The molecule has 1 aromatic rings. The summed E-state index contributed by atoms with van der Waals surface area (Å²) in [4.78, 5) is 20.9. The van der Waals surface area contributed by atoms with E-state index < -0.39 is 11.6 Å². The fourth-order valence-electron chi connectivity index (χ4n) is 3.05. The number of rotatable bonds is 2. The lowest BCUT2D eigenvalue weighted by atomic mass is 10.1. The van der Waals surface area contributed by atoms with E-state index in [2.05, 4.69) is 11.1 Å². The Morgan fingerprint density at radius 1 is 1.08 bits per heavy atom. The van der Waals surface area contributed by atoms with Gasteiger partial charge in [0, 0.05) is 24.9 Å². The van der Waals surface area contributed by atoms with Crippen molar-refractivity contribution in [3.8, 4) is 0 Å². The molecule has 26 heavy (non-hydrogen) atoms. The third-order valence-corrected chi connectivity index (χ3v) is 4.62. The average molecular weight is 389 g/mol. The zero-order chi connectivity index (χ0) is 19.5. The highest BCUT2D eigenvalue weighted by Gasteiger charge is 2.25. The fraction of sp³-hybridized carbons (Fsp3) is 0.579. The molecule has 7 heteroatoms. The number of amides is 2. The maximum absolute atomic E-state index is 12.2. The van der Waals surface area contributed by atoms with Gasteiger partial charge in [-0.25, -0.2) is 8.78 Å². The first-order chi connectivity index (χ1) is 12.3. The van der Waals surface area contributed by atoms with Crippen molar-refractivity contribution in [3.63, 3.8) is 0 Å². The van der Waals surface area contributed by atoms with Crippen molar-refractivity contribution in [3.05, 3.63) is 34.9 Å². The molecule has 0 aliphatic heterocycles. The van der Waals surface area contributed by atoms with E-state index in [1.807, 2.05) is 0 Å². The molecular weight excluding hydrogens is 362 g/mol. The minimum Gasteiger partial charge on any atom is -0.370 e. The van der Waals surface area contributed by atoms with Gasteiger partial charge in [-0.3, -0.25) is 9.59 Å². The summed E-state index contributed by atoms with van der Waals surface area (Å²) >= 11 is 5.24. The van der Waals surface area contributed by atoms with Crippen molar-refractivity contribution < 1.29 is 18.4 Å². The number of primary amides is 1. The van der Waals surface area contributed by atoms with Crippen LogP contribution in [0.1, 0.15) is 58.3 Å². The van der Waals surface area contributed by atoms with Crippen LogP contribution >= 0.6 is 11.6 Å². The molecule has 2 amide bonds. The number of nitrogens with one attached hydrogen (secondary N) is 1. The molecule has 0 radical (unpaired) electrons. The summed E-state index contributed by atoms with van der Waals surface area (Å²) in [6.07, 6.45) is 9.77. The summed E-state index contributed by atoms with van der Waals surface area (Å²) < 4.78 is 24.3. The summed E-state index contributed by atoms with van der Waals surface area (Å²) in [5.74, 6) is -0.987. The average Bonchev–Trinajstić information content (AvgIpc) is 3.24. The quantitative estimate of drug-likeness (QED) is 0.739. The Hall–Kier alpha value is -1.69. The predicted molar refractivity (Wildman–Crippen MR) is 98.6 cm³/mol. The highest BCUT2D eigenvalue weighted by molar-refractivity contribution is 6.30. The minimum absolute atomic E-state index is 0.0589. The molecule has 4 nitrogen and oxygen atoms in total. The van der Waals surface area contributed by atoms with Crippen LogP contribution in [0.15, 0.2) is 18.2 Å². The van der Waals surface area contributed by atoms with Crippen molar-refractivity contribution >= 4 is 23.4 Å². The molecule has 0 atom stereocenters. The van der Waals surface area contributed by atoms with Gasteiger partial charge in [0.25, 0.3) is 0 Å². The summed E-state index contributed by atoms with van der Waals surface area (Å²) in [6, 6.07) is 3.52. The zero-order valence-electron chi connectivity index (χ0n) is 15.1. The first-order valence-electron chi connectivity index (χ1n) is 8.96. The van der Waals surface area contributed by atoms with Crippen LogP contribution in [0.4, 0.5) is 8.78 Å². The van der Waals surface area contributed by atoms with Crippen molar-refractivity contribution in [1.82, 2.24) is 5.32 Å². The number of hydrogen-bond donors (Lipinski definition) is 2. The number of halogens is 3. The summed E-state index contributed by atoms with van der Waals surface area (Å²) in [5.41, 5.74) is 4.47. The third-order valence-electron chi connectivity index (χ3n) is 4.31. The van der Waals surface area contributed by atoms with Crippen LogP contribution in [-0.2, 0) is 9.59 Å². The van der Waals surface area contributed by atoms with E-state index >= 15 is 0 Å². The van der Waals surface area contributed by atoms with Crippen LogP contribution in [0.25, 0.3) is 0 Å². The van der Waals surface area contributed by atoms with Crippen LogP contribution in [0.2, 0.25) is 5.02 Å². The fourth-order valence-corrected chi connectivity index (χ4v) is 3.17. The maximum atomic E-state index is 12.2. The standard InChI is InChI=1S/C11H19NO.C6H3ClF2.C2H5NO/c13-11(9-5-1-2-6-9)12-10-7-3-4-8-10;7-5-2-1-4(8)3-6(5)9;1-2(3)4/h9-10H,1-8H2,(H,12,13);1-3H;1H3,(H2,3,4). The van der Waals surface area contributed by atoms with Gasteiger partial charge >= 0.3 is 0 Å². The number of hydrogen-bond acceptors (Lipinski definition) is 2. The van der Waals surface area contributed by atoms with E-state index in [0.717, 1.165) is 25.0 Å². The van der Waals surface area contributed by atoms with Crippen molar-refractivity contribution in [2.75, 3.05) is 0 Å². The van der Waals surface area contributed by atoms with E-state index in [4.69, 9.17) is 11.6 Å².